The molecule has 1 aliphatic rings. The molecule has 7 heteroatoms. The highest BCUT2D eigenvalue weighted by Crippen LogP contribution is 2.24. The van der Waals surface area contributed by atoms with Crippen molar-refractivity contribution in [2.45, 2.75) is 13.0 Å². The lowest BCUT2D eigenvalue weighted by atomic mass is 10.1. The maximum atomic E-state index is 12.4. The van der Waals surface area contributed by atoms with Gasteiger partial charge in [0.1, 0.15) is 0 Å². The Hall–Kier alpha value is -1.11. The van der Waals surface area contributed by atoms with E-state index in [4.69, 9.17) is 16.3 Å². The van der Waals surface area contributed by atoms with Gasteiger partial charge in [0, 0.05) is 38.5 Å². The highest BCUT2D eigenvalue weighted by atomic mass is 35.5. The van der Waals surface area contributed by atoms with Crippen molar-refractivity contribution in [1.82, 2.24) is 9.80 Å². The summed E-state index contributed by atoms with van der Waals surface area (Å²) < 4.78 is 5.69. The number of nitrogens with zero attached hydrogens (tertiary/aromatic N) is 2. The molecule has 1 aromatic heterocycles. The third kappa shape index (κ3) is 4.18. The molecule has 116 valence electrons. The summed E-state index contributed by atoms with van der Waals surface area (Å²) in [7, 11) is 3.36. The topological polar surface area (TPSA) is 49.9 Å². The fourth-order valence-electron chi connectivity index (χ4n) is 2.42. The molecule has 0 radical (unpaired) electrons. The van der Waals surface area contributed by atoms with E-state index in [1.165, 1.54) is 11.3 Å². The number of carbonyl (C=O) groups is 2. The predicted molar refractivity (Wildman–Crippen MR) is 82.4 cm³/mol. The van der Waals surface area contributed by atoms with E-state index in [0.717, 1.165) is 4.88 Å². The van der Waals surface area contributed by atoms with Crippen LogP contribution in [0.1, 0.15) is 11.3 Å². The molecule has 0 aromatic carbocycles. The maximum absolute atomic E-state index is 12.4. The average molecular weight is 331 g/mol. The Morgan fingerprint density at radius 3 is 2.95 bits per heavy atom. The lowest BCUT2D eigenvalue weighted by Gasteiger charge is -2.20. The number of thiophene rings is 1. The highest BCUT2D eigenvalue weighted by Gasteiger charge is 2.35. The van der Waals surface area contributed by atoms with Crippen molar-refractivity contribution in [1.29, 1.82) is 0 Å². The normalized spacial score (nSPS) is 18.3. The number of halogens is 1. The minimum absolute atomic E-state index is 0.00721. The Morgan fingerprint density at radius 1 is 1.57 bits per heavy atom. The van der Waals surface area contributed by atoms with Gasteiger partial charge in [-0.1, -0.05) is 11.6 Å². The lowest BCUT2D eigenvalue weighted by Crippen LogP contribution is -2.34. The van der Waals surface area contributed by atoms with E-state index in [2.05, 4.69) is 0 Å². The summed E-state index contributed by atoms with van der Waals surface area (Å²) in [6, 6.07) is 3.74. The van der Waals surface area contributed by atoms with Crippen LogP contribution in [0.15, 0.2) is 12.1 Å². The molecule has 0 bridgehead atoms. The molecule has 0 aliphatic carbocycles. The molecule has 1 atom stereocenters. The maximum Gasteiger partial charge on any atom is 0.228 e. The van der Waals surface area contributed by atoms with Crippen LogP contribution in [-0.2, 0) is 20.9 Å². The van der Waals surface area contributed by atoms with E-state index in [0.29, 0.717) is 30.6 Å². The van der Waals surface area contributed by atoms with Crippen LogP contribution in [0.3, 0.4) is 0 Å². The molecule has 2 rings (SSSR count). The molecule has 21 heavy (non-hydrogen) atoms. The van der Waals surface area contributed by atoms with Gasteiger partial charge in [0.15, 0.2) is 0 Å². The third-order valence-corrected chi connectivity index (χ3v) is 4.74. The SMILES string of the molecule is COCCN1C[C@H](C(=O)N(C)Cc2ccc(Cl)s2)CC1=O. The molecule has 0 saturated carbocycles. The van der Waals surface area contributed by atoms with Crippen LogP contribution in [0, 0.1) is 5.92 Å². The number of amides is 2. The predicted octanol–water partition coefficient (Wildman–Crippen LogP) is 1.85. The van der Waals surface area contributed by atoms with Crippen molar-refractivity contribution >= 4 is 34.8 Å². The van der Waals surface area contributed by atoms with Crippen molar-refractivity contribution in [2.24, 2.45) is 5.92 Å². The minimum atomic E-state index is -0.255. The number of rotatable bonds is 6. The van der Waals surface area contributed by atoms with Gasteiger partial charge in [-0.05, 0) is 12.1 Å². The van der Waals surface area contributed by atoms with Crippen LogP contribution >= 0.6 is 22.9 Å². The summed E-state index contributed by atoms with van der Waals surface area (Å²) in [5, 5.41) is 0. The summed E-state index contributed by atoms with van der Waals surface area (Å²) in [4.78, 5) is 28.7. The van der Waals surface area contributed by atoms with E-state index in [-0.39, 0.29) is 24.2 Å². The van der Waals surface area contributed by atoms with Crippen LogP contribution in [0.25, 0.3) is 0 Å². The summed E-state index contributed by atoms with van der Waals surface area (Å²) in [5.74, 6) is -0.222. The van der Waals surface area contributed by atoms with E-state index >= 15 is 0 Å². The Kier molecular flexibility index (Phi) is 5.61. The van der Waals surface area contributed by atoms with Crippen LogP contribution in [0.4, 0.5) is 0 Å². The van der Waals surface area contributed by atoms with Gasteiger partial charge in [-0.25, -0.2) is 0 Å². The molecule has 2 heterocycles. The van der Waals surface area contributed by atoms with Crippen LogP contribution in [0.5, 0.6) is 0 Å². The first kappa shape index (κ1) is 16.3. The smallest absolute Gasteiger partial charge is 0.228 e. The van der Waals surface area contributed by atoms with E-state index in [9.17, 15) is 9.59 Å². The standard InChI is InChI=1S/C14H19ClN2O3S/c1-16(9-11-3-4-12(15)21-11)14(19)10-7-13(18)17(8-10)5-6-20-2/h3-4,10H,5-9H2,1-2H3/t10-/m1/s1. The first-order chi connectivity index (χ1) is 10.0. The first-order valence-electron chi connectivity index (χ1n) is 6.77. The molecule has 1 aliphatic heterocycles. The van der Waals surface area contributed by atoms with Gasteiger partial charge in [-0.3, -0.25) is 9.59 Å². The van der Waals surface area contributed by atoms with Gasteiger partial charge in [0.05, 0.1) is 23.4 Å². The van der Waals surface area contributed by atoms with Gasteiger partial charge in [0.2, 0.25) is 11.8 Å². The summed E-state index contributed by atoms with van der Waals surface area (Å²) in [5.41, 5.74) is 0. The fraction of sp³-hybridized carbons (Fsp3) is 0.571. The average Bonchev–Trinajstić information content (AvgIpc) is 3.02. The van der Waals surface area contributed by atoms with Gasteiger partial charge in [-0.15, -0.1) is 11.3 Å². The van der Waals surface area contributed by atoms with Gasteiger partial charge >= 0.3 is 0 Å². The van der Waals surface area contributed by atoms with Crippen molar-refractivity contribution in [2.75, 3.05) is 33.9 Å². The molecule has 1 saturated heterocycles. The molecular weight excluding hydrogens is 312 g/mol. The molecule has 2 amide bonds. The number of hydrogen-bond acceptors (Lipinski definition) is 4. The van der Waals surface area contributed by atoms with Crippen LogP contribution in [0.2, 0.25) is 4.34 Å². The zero-order valence-corrected chi connectivity index (χ0v) is 13.7. The third-order valence-electron chi connectivity index (χ3n) is 3.53. The Balaban J connectivity index is 1.89. The number of hydrogen-bond donors (Lipinski definition) is 0. The highest BCUT2D eigenvalue weighted by molar-refractivity contribution is 7.16. The second-order valence-electron chi connectivity index (χ2n) is 5.13. The van der Waals surface area contributed by atoms with E-state index < -0.39 is 0 Å². The van der Waals surface area contributed by atoms with Gasteiger partial charge in [-0.2, -0.15) is 0 Å². The zero-order chi connectivity index (χ0) is 15.4. The molecule has 0 N–H and O–H groups in total. The molecule has 1 aromatic rings. The molecule has 1 fully saturated rings. The second-order valence-corrected chi connectivity index (χ2v) is 6.93. The van der Waals surface area contributed by atoms with Crippen molar-refractivity contribution in [3.63, 3.8) is 0 Å². The van der Waals surface area contributed by atoms with Crippen molar-refractivity contribution < 1.29 is 14.3 Å². The molecule has 5 nitrogen and oxygen atoms in total. The second kappa shape index (κ2) is 7.24. The Morgan fingerprint density at radius 2 is 2.33 bits per heavy atom. The van der Waals surface area contributed by atoms with E-state index in [1.807, 2.05) is 12.1 Å². The summed E-state index contributed by atoms with van der Waals surface area (Å²) in [6.07, 6.45) is 0.290. The first-order valence-corrected chi connectivity index (χ1v) is 7.96. The number of ether oxygens (including phenoxy) is 1. The summed E-state index contributed by atoms with van der Waals surface area (Å²) >= 11 is 7.36. The number of likely N-dealkylation sites (tertiary alicyclic amines) is 1. The summed E-state index contributed by atoms with van der Waals surface area (Å²) in [6.45, 7) is 2.05. The fourth-order valence-corrected chi connectivity index (χ4v) is 3.56. The van der Waals surface area contributed by atoms with Crippen molar-refractivity contribution in [3.05, 3.63) is 21.3 Å². The van der Waals surface area contributed by atoms with E-state index in [1.54, 1.807) is 24.0 Å². The monoisotopic (exact) mass is 330 g/mol. The molecule has 0 spiro atoms. The Bertz CT molecular complexity index is 520. The van der Waals surface area contributed by atoms with Gasteiger partial charge < -0.3 is 14.5 Å². The zero-order valence-electron chi connectivity index (χ0n) is 12.2. The number of methoxy groups -OCH3 is 1. The van der Waals surface area contributed by atoms with Gasteiger partial charge in [0.25, 0.3) is 0 Å². The largest absolute Gasteiger partial charge is 0.383 e. The quantitative estimate of drug-likeness (QED) is 0.800. The van der Waals surface area contributed by atoms with Crippen LogP contribution < -0.4 is 0 Å². The Labute approximate surface area is 133 Å². The molecule has 0 unspecified atom stereocenters. The van der Waals surface area contributed by atoms with Crippen LogP contribution in [-0.4, -0.2) is 55.5 Å². The molecular formula is C14H19ClN2O3S. The number of carbonyl (C=O) groups excluding carboxylic acids is 2. The van der Waals surface area contributed by atoms with Crippen molar-refractivity contribution in [3.8, 4) is 0 Å². The minimum Gasteiger partial charge on any atom is -0.383 e. The lowest BCUT2D eigenvalue weighted by molar-refractivity contribution is -0.135.